The zero-order valence-corrected chi connectivity index (χ0v) is 14.5. The van der Waals surface area contributed by atoms with Crippen LogP contribution in [0.25, 0.3) is 0 Å². The summed E-state index contributed by atoms with van der Waals surface area (Å²) in [6, 6.07) is 7.43. The Morgan fingerprint density at radius 3 is 2.30 bits per heavy atom. The number of anilines is 1. The van der Waals surface area contributed by atoms with Crippen molar-refractivity contribution in [1.82, 2.24) is 4.90 Å². The van der Waals surface area contributed by atoms with Crippen LogP contribution in [0.5, 0.6) is 0 Å². The lowest BCUT2D eigenvalue weighted by atomic mass is 9.52. The van der Waals surface area contributed by atoms with Crippen molar-refractivity contribution < 1.29 is 4.79 Å². The SMILES string of the molecule is CN(CC(=O)Nc1ccccc1Cl)C12CC3CC(CC(C3)C1)C2. The standard InChI is InChI=1S/C19H25ClN2O/c1-22(12-18(23)21-17-5-3-2-4-16(17)20)19-9-13-6-14(10-19)8-15(7-13)11-19/h2-5,13-15H,6-12H2,1H3,(H,21,23). The smallest absolute Gasteiger partial charge is 0.238 e. The molecule has 0 heterocycles. The highest BCUT2D eigenvalue weighted by atomic mass is 35.5. The Balaban J connectivity index is 1.43. The molecule has 3 nitrogen and oxygen atoms in total. The third-order valence-corrected chi connectivity index (χ3v) is 6.67. The summed E-state index contributed by atoms with van der Waals surface area (Å²) in [4.78, 5) is 14.8. The van der Waals surface area contributed by atoms with E-state index < -0.39 is 0 Å². The van der Waals surface area contributed by atoms with Gasteiger partial charge >= 0.3 is 0 Å². The van der Waals surface area contributed by atoms with Gasteiger partial charge in [0.1, 0.15) is 0 Å². The van der Waals surface area contributed by atoms with Crippen molar-refractivity contribution in [3.8, 4) is 0 Å². The van der Waals surface area contributed by atoms with Gasteiger partial charge in [-0.2, -0.15) is 0 Å². The molecule has 124 valence electrons. The van der Waals surface area contributed by atoms with Crippen LogP contribution in [0, 0.1) is 17.8 Å². The van der Waals surface area contributed by atoms with E-state index in [0.717, 1.165) is 17.8 Å². The summed E-state index contributed by atoms with van der Waals surface area (Å²) in [5.41, 5.74) is 0.977. The lowest BCUT2D eigenvalue weighted by Gasteiger charge is -2.59. The summed E-state index contributed by atoms with van der Waals surface area (Å²) in [6.07, 6.45) is 8.15. The summed E-state index contributed by atoms with van der Waals surface area (Å²) >= 11 is 6.13. The monoisotopic (exact) mass is 332 g/mol. The normalized spacial score (nSPS) is 34.8. The number of hydrogen-bond acceptors (Lipinski definition) is 2. The molecule has 0 unspecified atom stereocenters. The zero-order chi connectivity index (χ0) is 16.0. The van der Waals surface area contributed by atoms with Crippen molar-refractivity contribution in [2.45, 2.75) is 44.1 Å². The number of rotatable bonds is 4. The topological polar surface area (TPSA) is 32.3 Å². The number of benzene rings is 1. The van der Waals surface area contributed by atoms with E-state index in [0.29, 0.717) is 17.3 Å². The number of carbonyl (C=O) groups is 1. The molecule has 4 saturated carbocycles. The summed E-state index contributed by atoms with van der Waals surface area (Å²) in [5, 5.41) is 3.56. The van der Waals surface area contributed by atoms with Crippen LogP contribution in [0.4, 0.5) is 5.69 Å². The Bertz CT molecular complexity index is 580. The molecule has 1 aromatic carbocycles. The van der Waals surface area contributed by atoms with Gasteiger partial charge in [-0.1, -0.05) is 23.7 Å². The van der Waals surface area contributed by atoms with Crippen LogP contribution in [-0.2, 0) is 4.79 Å². The van der Waals surface area contributed by atoms with Crippen molar-refractivity contribution in [1.29, 1.82) is 0 Å². The maximum Gasteiger partial charge on any atom is 0.238 e. The number of amides is 1. The molecule has 5 rings (SSSR count). The lowest BCUT2D eigenvalue weighted by Crippen LogP contribution is -2.59. The molecule has 0 aromatic heterocycles. The summed E-state index contributed by atoms with van der Waals surface area (Å²) in [7, 11) is 2.14. The van der Waals surface area contributed by atoms with Crippen molar-refractivity contribution in [3.63, 3.8) is 0 Å². The lowest BCUT2D eigenvalue weighted by molar-refractivity contribution is -0.123. The highest BCUT2D eigenvalue weighted by Gasteiger charge is 2.52. The molecule has 4 heteroatoms. The number of halogens is 1. The Morgan fingerprint density at radius 2 is 1.74 bits per heavy atom. The maximum absolute atomic E-state index is 12.5. The van der Waals surface area contributed by atoms with Crippen LogP contribution in [0.15, 0.2) is 24.3 Å². The molecule has 0 atom stereocenters. The van der Waals surface area contributed by atoms with Crippen LogP contribution in [-0.4, -0.2) is 29.9 Å². The van der Waals surface area contributed by atoms with E-state index in [4.69, 9.17) is 11.6 Å². The maximum atomic E-state index is 12.5. The Morgan fingerprint density at radius 1 is 1.17 bits per heavy atom. The molecule has 1 amide bonds. The number of nitrogens with one attached hydrogen (secondary N) is 1. The molecule has 4 aliphatic rings. The third-order valence-electron chi connectivity index (χ3n) is 6.34. The second-order valence-electron chi connectivity index (χ2n) is 8.03. The molecule has 23 heavy (non-hydrogen) atoms. The highest BCUT2D eigenvalue weighted by Crippen LogP contribution is 2.57. The van der Waals surface area contributed by atoms with Gasteiger partial charge in [-0.3, -0.25) is 9.69 Å². The molecule has 0 saturated heterocycles. The Hall–Kier alpha value is -1.06. The second-order valence-corrected chi connectivity index (χ2v) is 8.43. The van der Waals surface area contributed by atoms with E-state index in [2.05, 4.69) is 17.3 Å². The number of carbonyl (C=O) groups excluding carboxylic acids is 1. The fourth-order valence-electron chi connectivity index (χ4n) is 5.67. The zero-order valence-electron chi connectivity index (χ0n) is 13.7. The largest absolute Gasteiger partial charge is 0.324 e. The van der Waals surface area contributed by atoms with E-state index in [1.54, 1.807) is 6.07 Å². The molecule has 4 aliphatic carbocycles. The fraction of sp³-hybridized carbons (Fsp3) is 0.632. The predicted octanol–water partition coefficient (Wildman–Crippen LogP) is 4.18. The molecule has 1 aromatic rings. The third kappa shape index (κ3) is 2.89. The summed E-state index contributed by atoms with van der Waals surface area (Å²) in [6.45, 7) is 0.456. The van der Waals surface area contributed by atoms with Gasteiger partial charge < -0.3 is 5.32 Å². The van der Waals surface area contributed by atoms with Crippen LogP contribution in [0.3, 0.4) is 0 Å². The quantitative estimate of drug-likeness (QED) is 0.897. The first kappa shape index (κ1) is 15.5. The number of para-hydroxylation sites is 1. The van der Waals surface area contributed by atoms with E-state index in [-0.39, 0.29) is 11.4 Å². The molecule has 4 bridgehead atoms. The van der Waals surface area contributed by atoms with E-state index in [9.17, 15) is 4.79 Å². The second kappa shape index (κ2) is 5.78. The van der Waals surface area contributed by atoms with Gasteiger partial charge in [0.15, 0.2) is 0 Å². The fourth-order valence-corrected chi connectivity index (χ4v) is 5.85. The van der Waals surface area contributed by atoms with Gasteiger partial charge in [0.2, 0.25) is 5.91 Å². The molecule has 4 fully saturated rings. The average Bonchev–Trinajstić information content (AvgIpc) is 2.48. The van der Waals surface area contributed by atoms with Crippen LogP contribution < -0.4 is 5.32 Å². The summed E-state index contributed by atoms with van der Waals surface area (Å²) in [5.74, 6) is 2.73. The van der Waals surface area contributed by atoms with Gasteiger partial charge in [-0.05, 0) is 75.5 Å². The van der Waals surface area contributed by atoms with Gasteiger partial charge in [0.25, 0.3) is 0 Å². The molecular formula is C19H25ClN2O. The van der Waals surface area contributed by atoms with Crippen molar-refractivity contribution in [2.75, 3.05) is 18.9 Å². The van der Waals surface area contributed by atoms with Crippen LogP contribution in [0.1, 0.15) is 38.5 Å². The van der Waals surface area contributed by atoms with Gasteiger partial charge in [0, 0.05) is 5.54 Å². The van der Waals surface area contributed by atoms with Crippen molar-refractivity contribution in [3.05, 3.63) is 29.3 Å². The first-order valence-corrected chi connectivity index (χ1v) is 9.17. The first-order valence-electron chi connectivity index (χ1n) is 8.80. The Kier molecular flexibility index (Phi) is 3.89. The van der Waals surface area contributed by atoms with Crippen molar-refractivity contribution in [2.24, 2.45) is 17.8 Å². The Labute approximate surface area is 143 Å². The van der Waals surface area contributed by atoms with E-state index >= 15 is 0 Å². The van der Waals surface area contributed by atoms with Crippen LogP contribution >= 0.6 is 11.6 Å². The van der Waals surface area contributed by atoms with Gasteiger partial charge in [-0.15, -0.1) is 0 Å². The molecular weight excluding hydrogens is 308 g/mol. The van der Waals surface area contributed by atoms with E-state index in [1.807, 2.05) is 18.2 Å². The summed E-state index contributed by atoms with van der Waals surface area (Å²) < 4.78 is 0. The number of nitrogens with zero attached hydrogens (tertiary/aromatic N) is 1. The average molecular weight is 333 g/mol. The van der Waals surface area contributed by atoms with Gasteiger partial charge in [-0.25, -0.2) is 0 Å². The minimum absolute atomic E-state index is 0.0383. The number of hydrogen-bond donors (Lipinski definition) is 1. The minimum Gasteiger partial charge on any atom is -0.324 e. The van der Waals surface area contributed by atoms with E-state index in [1.165, 1.54) is 38.5 Å². The minimum atomic E-state index is 0.0383. The molecule has 0 aliphatic heterocycles. The number of likely N-dealkylation sites (N-methyl/N-ethyl adjacent to an activating group) is 1. The first-order chi connectivity index (χ1) is 11.0. The molecule has 0 spiro atoms. The molecule has 1 N–H and O–H groups in total. The predicted molar refractivity (Wildman–Crippen MR) is 93.6 cm³/mol. The van der Waals surface area contributed by atoms with Crippen LogP contribution in [0.2, 0.25) is 5.02 Å². The highest BCUT2D eigenvalue weighted by molar-refractivity contribution is 6.33. The molecule has 0 radical (unpaired) electrons. The van der Waals surface area contributed by atoms with Gasteiger partial charge in [0.05, 0.1) is 17.3 Å². The van der Waals surface area contributed by atoms with Crippen molar-refractivity contribution >= 4 is 23.2 Å².